The molecule has 0 aromatic heterocycles. The molecule has 1 amide bonds. The van der Waals surface area contributed by atoms with Gasteiger partial charge in [-0.1, -0.05) is 0 Å². The summed E-state index contributed by atoms with van der Waals surface area (Å²) in [5.41, 5.74) is 0. The summed E-state index contributed by atoms with van der Waals surface area (Å²) in [5, 5.41) is 17.5. The van der Waals surface area contributed by atoms with Gasteiger partial charge in [0.15, 0.2) is 0 Å². The van der Waals surface area contributed by atoms with Crippen molar-refractivity contribution in [2.24, 2.45) is 0 Å². The Labute approximate surface area is 59.1 Å². The van der Waals surface area contributed by atoms with E-state index in [1.54, 1.807) is 6.92 Å². The second kappa shape index (κ2) is 2.46. The van der Waals surface area contributed by atoms with Crippen LogP contribution in [0.25, 0.3) is 0 Å². The van der Waals surface area contributed by atoms with Gasteiger partial charge in [-0.3, -0.25) is 0 Å². The maximum Gasteiger partial charge on any atom is 0.407 e. The van der Waals surface area contributed by atoms with E-state index in [-0.39, 0.29) is 12.6 Å². The third-order valence-electron chi connectivity index (χ3n) is 1.80. The number of nitrogens with zero attached hydrogens (tertiary/aromatic N) is 1. The number of carboxylic acid groups (broad SMARTS) is 1. The lowest BCUT2D eigenvalue weighted by Crippen LogP contribution is -2.32. The summed E-state index contributed by atoms with van der Waals surface area (Å²) in [6, 6.07) is -0.0347. The van der Waals surface area contributed by atoms with E-state index in [0.29, 0.717) is 6.42 Å². The average Bonchev–Trinajstić information content (AvgIpc) is 2.10. The lowest BCUT2D eigenvalue weighted by Gasteiger charge is -2.15. The number of carbonyl (C=O) groups is 1. The number of aliphatic hydroxyl groups excluding tert-OH is 1. The van der Waals surface area contributed by atoms with Gasteiger partial charge in [-0.25, -0.2) is 4.79 Å². The van der Waals surface area contributed by atoms with Gasteiger partial charge in [0.2, 0.25) is 0 Å². The van der Waals surface area contributed by atoms with Crippen molar-refractivity contribution >= 4 is 6.09 Å². The van der Waals surface area contributed by atoms with Crippen LogP contribution in [0.5, 0.6) is 0 Å². The Morgan fingerprint density at radius 1 is 1.70 bits per heavy atom. The fourth-order valence-electron chi connectivity index (χ4n) is 1.27. The maximum atomic E-state index is 10.4. The first-order chi connectivity index (χ1) is 4.61. The van der Waals surface area contributed by atoms with Gasteiger partial charge < -0.3 is 15.1 Å². The van der Waals surface area contributed by atoms with Gasteiger partial charge in [-0.05, 0) is 13.3 Å². The van der Waals surface area contributed by atoms with E-state index in [4.69, 9.17) is 10.2 Å². The fraction of sp³-hybridized carbons (Fsp3) is 0.833. The Morgan fingerprint density at radius 3 is 2.50 bits per heavy atom. The molecule has 0 spiro atoms. The van der Waals surface area contributed by atoms with Gasteiger partial charge in [0.25, 0.3) is 0 Å². The Kier molecular flexibility index (Phi) is 1.80. The highest BCUT2D eigenvalue weighted by molar-refractivity contribution is 5.65. The largest absolute Gasteiger partial charge is 0.465 e. The minimum Gasteiger partial charge on any atom is -0.465 e. The average molecular weight is 145 g/mol. The molecule has 1 rings (SSSR count). The van der Waals surface area contributed by atoms with Crippen molar-refractivity contribution in [1.29, 1.82) is 0 Å². The van der Waals surface area contributed by atoms with Crippen LogP contribution in [-0.4, -0.2) is 39.9 Å². The molecule has 0 aliphatic carbocycles. The van der Waals surface area contributed by atoms with Gasteiger partial charge in [0.05, 0.1) is 12.6 Å². The molecule has 0 saturated carbocycles. The number of hydrogen-bond acceptors (Lipinski definition) is 2. The van der Waals surface area contributed by atoms with Gasteiger partial charge in [-0.15, -0.1) is 0 Å². The molecular weight excluding hydrogens is 134 g/mol. The van der Waals surface area contributed by atoms with E-state index in [2.05, 4.69) is 0 Å². The Balaban J connectivity index is 2.54. The van der Waals surface area contributed by atoms with Crippen molar-refractivity contribution in [2.75, 3.05) is 6.54 Å². The highest BCUT2D eigenvalue weighted by Gasteiger charge is 2.30. The van der Waals surface area contributed by atoms with Crippen LogP contribution in [0, 0.1) is 0 Å². The third-order valence-corrected chi connectivity index (χ3v) is 1.80. The summed E-state index contributed by atoms with van der Waals surface area (Å²) in [4.78, 5) is 11.6. The maximum absolute atomic E-state index is 10.4. The first-order valence-electron chi connectivity index (χ1n) is 3.29. The van der Waals surface area contributed by atoms with Crippen LogP contribution in [0.3, 0.4) is 0 Å². The first-order valence-corrected chi connectivity index (χ1v) is 3.29. The molecule has 0 radical (unpaired) electrons. The van der Waals surface area contributed by atoms with Gasteiger partial charge in [0.1, 0.15) is 0 Å². The van der Waals surface area contributed by atoms with E-state index in [1.807, 2.05) is 0 Å². The quantitative estimate of drug-likeness (QED) is 0.509. The summed E-state index contributed by atoms with van der Waals surface area (Å²) >= 11 is 0. The number of β-amino-alcohol motifs (C(OH)–C–C–N with tert-alkyl or cyclic N) is 1. The van der Waals surface area contributed by atoms with Crippen LogP contribution in [0.2, 0.25) is 0 Å². The van der Waals surface area contributed by atoms with E-state index in [9.17, 15) is 4.79 Å². The summed E-state index contributed by atoms with van der Waals surface area (Å²) in [5.74, 6) is 0. The lowest BCUT2D eigenvalue weighted by molar-refractivity contribution is 0.133. The molecule has 4 nitrogen and oxygen atoms in total. The Bertz CT molecular complexity index is 148. The molecule has 1 saturated heterocycles. The predicted molar refractivity (Wildman–Crippen MR) is 34.8 cm³/mol. The van der Waals surface area contributed by atoms with Crippen molar-refractivity contribution in [3.63, 3.8) is 0 Å². The summed E-state index contributed by atoms with van der Waals surface area (Å²) in [6.45, 7) is 2.06. The zero-order chi connectivity index (χ0) is 7.72. The monoisotopic (exact) mass is 145 g/mol. The van der Waals surface area contributed by atoms with Crippen molar-refractivity contribution in [2.45, 2.75) is 25.5 Å². The van der Waals surface area contributed by atoms with E-state index >= 15 is 0 Å². The molecule has 1 aliphatic rings. The molecule has 1 unspecified atom stereocenters. The second-order valence-electron chi connectivity index (χ2n) is 2.67. The van der Waals surface area contributed by atoms with E-state index in [1.165, 1.54) is 4.90 Å². The molecule has 1 fully saturated rings. The van der Waals surface area contributed by atoms with Crippen LogP contribution in [0.1, 0.15) is 13.3 Å². The Hall–Kier alpha value is -0.770. The zero-order valence-corrected chi connectivity index (χ0v) is 5.82. The summed E-state index contributed by atoms with van der Waals surface area (Å²) in [6.07, 6.45) is -0.845. The molecule has 58 valence electrons. The number of hydrogen-bond donors (Lipinski definition) is 2. The molecule has 0 aromatic carbocycles. The number of rotatable bonds is 0. The van der Waals surface area contributed by atoms with Gasteiger partial charge in [0, 0.05) is 6.04 Å². The molecule has 0 bridgehead atoms. The standard InChI is InChI=1S/C6H11NO3/c1-4-2-5(8)3-7(4)6(9)10/h4-5,8H,2-3H2,1H3,(H,9,10)/t4?,5-/m0/s1. The molecule has 1 aliphatic heterocycles. The number of amides is 1. The third kappa shape index (κ3) is 1.21. The highest BCUT2D eigenvalue weighted by Crippen LogP contribution is 2.16. The minimum absolute atomic E-state index is 0.0347. The van der Waals surface area contributed by atoms with Crippen LogP contribution in [0.15, 0.2) is 0 Å². The van der Waals surface area contributed by atoms with Crippen LogP contribution in [-0.2, 0) is 0 Å². The SMILES string of the molecule is CC1C[C@H](O)CN1C(=O)O. The van der Waals surface area contributed by atoms with Crippen molar-refractivity contribution in [3.8, 4) is 0 Å². The van der Waals surface area contributed by atoms with Crippen molar-refractivity contribution < 1.29 is 15.0 Å². The van der Waals surface area contributed by atoms with Crippen LogP contribution in [0.4, 0.5) is 4.79 Å². The zero-order valence-electron chi connectivity index (χ0n) is 5.82. The van der Waals surface area contributed by atoms with Crippen molar-refractivity contribution in [1.82, 2.24) is 4.90 Å². The normalized spacial score (nSPS) is 32.8. The minimum atomic E-state index is -0.941. The van der Waals surface area contributed by atoms with Crippen LogP contribution < -0.4 is 0 Å². The molecule has 4 heteroatoms. The highest BCUT2D eigenvalue weighted by atomic mass is 16.4. The van der Waals surface area contributed by atoms with Crippen LogP contribution >= 0.6 is 0 Å². The summed E-state index contributed by atoms with van der Waals surface area (Å²) < 4.78 is 0. The Morgan fingerprint density at radius 2 is 2.30 bits per heavy atom. The van der Waals surface area contributed by atoms with E-state index < -0.39 is 12.2 Å². The van der Waals surface area contributed by atoms with E-state index in [0.717, 1.165) is 0 Å². The molecular formula is C6H11NO3. The smallest absolute Gasteiger partial charge is 0.407 e. The number of aliphatic hydroxyl groups is 1. The fourth-order valence-corrected chi connectivity index (χ4v) is 1.27. The lowest BCUT2D eigenvalue weighted by atomic mass is 10.2. The summed E-state index contributed by atoms with van der Waals surface area (Å²) in [7, 11) is 0. The number of likely N-dealkylation sites (tertiary alicyclic amines) is 1. The molecule has 1 heterocycles. The first kappa shape index (κ1) is 7.34. The van der Waals surface area contributed by atoms with Gasteiger partial charge >= 0.3 is 6.09 Å². The molecule has 2 atom stereocenters. The van der Waals surface area contributed by atoms with Crippen molar-refractivity contribution in [3.05, 3.63) is 0 Å². The molecule has 0 aromatic rings. The predicted octanol–water partition coefficient (Wildman–Crippen LogP) is 0.120. The molecule has 2 N–H and O–H groups in total. The second-order valence-corrected chi connectivity index (χ2v) is 2.67. The topological polar surface area (TPSA) is 60.8 Å². The van der Waals surface area contributed by atoms with Gasteiger partial charge in [-0.2, -0.15) is 0 Å². The molecule has 10 heavy (non-hydrogen) atoms.